The molecule has 112 valence electrons. The Morgan fingerprint density at radius 3 is 2.57 bits per heavy atom. The standard InChI is InChI=1S/C21H17NO/c1-2-8-21(23)18-15-17-11-6-7-12-19(17)22-20(18)14-13-16-9-4-3-5-10-16/h2-7,9-12,15,21,23H,1,8H2/t21-/m1/s1. The lowest BCUT2D eigenvalue weighted by molar-refractivity contribution is 0.181. The number of hydrogen-bond acceptors (Lipinski definition) is 2. The van der Waals surface area contributed by atoms with Gasteiger partial charge in [-0.3, -0.25) is 0 Å². The Morgan fingerprint density at radius 2 is 1.78 bits per heavy atom. The molecule has 0 saturated heterocycles. The highest BCUT2D eigenvalue weighted by atomic mass is 16.3. The second-order valence-corrected chi connectivity index (χ2v) is 5.28. The lowest BCUT2D eigenvalue weighted by Gasteiger charge is -2.11. The van der Waals surface area contributed by atoms with Gasteiger partial charge in [0.25, 0.3) is 0 Å². The maximum absolute atomic E-state index is 10.4. The summed E-state index contributed by atoms with van der Waals surface area (Å²) in [6, 6.07) is 19.6. The summed E-state index contributed by atoms with van der Waals surface area (Å²) >= 11 is 0. The fraction of sp³-hybridized carbons (Fsp3) is 0.0952. The molecular weight excluding hydrogens is 282 g/mol. The Hall–Kier alpha value is -2.89. The molecule has 2 heteroatoms. The highest BCUT2D eigenvalue weighted by Gasteiger charge is 2.12. The van der Waals surface area contributed by atoms with Crippen molar-refractivity contribution >= 4 is 10.9 Å². The summed E-state index contributed by atoms with van der Waals surface area (Å²) in [7, 11) is 0. The van der Waals surface area contributed by atoms with Gasteiger partial charge in [-0.05, 0) is 36.6 Å². The molecule has 1 heterocycles. The maximum Gasteiger partial charge on any atom is 0.120 e. The van der Waals surface area contributed by atoms with Gasteiger partial charge in [0.2, 0.25) is 0 Å². The molecule has 0 saturated carbocycles. The first-order valence-corrected chi connectivity index (χ1v) is 7.53. The van der Waals surface area contributed by atoms with Crippen LogP contribution < -0.4 is 0 Å². The number of rotatable bonds is 3. The van der Waals surface area contributed by atoms with Gasteiger partial charge < -0.3 is 5.11 Å². The van der Waals surface area contributed by atoms with Gasteiger partial charge in [-0.1, -0.05) is 48.4 Å². The highest BCUT2D eigenvalue weighted by molar-refractivity contribution is 5.80. The van der Waals surface area contributed by atoms with E-state index < -0.39 is 6.10 Å². The Bertz CT molecular complexity index is 888. The predicted octanol–water partition coefficient (Wildman–Crippen LogP) is 4.24. The normalized spacial score (nSPS) is 11.5. The number of para-hydroxylation sites is 1. The fourth-order valence-corrected chi connectivity index (χ4v) is 2.42. The molecule has 0 aliphatic rings. The Balaban J connectivity index is 2.11. The van der Waals surface area contributed by atoms with E-state index in [0.29, 0.717) is 12.1 Å². The summed E-state index contributed by atoms with van der Waals surface area (Å²) in [6.07, 6.45) is 1.53. The van der Waals surface area contributed by atoms with Gasteiger partial charge >= 0.3 is 0 Å². The first kappa shape index (κ1) is 15.0. The molecule has 2 nitrogen and oxygen atoms in total. The van der Waals surface area contributed by atoms with Gasteiger partial charge in [0.15, 0.2) is 0 Å². The molecule has 23 heavy (non-hydrogen) atoms. The largest absolute Gasteiger partial charge is 0.388 e. The number of aliphatic hydroxyl groups excluding tert-OH is 1. The molecule has 0 bridgehead atoms. The number of fused-ring (bicyclic) bond motifs is 1. The minimum atomic E-state index is -0.648. The summed E-state index contributed by atoms with van der Waals surface area (Å²) in [6.45, 7) is 3.70. The third kappa shape index (κ3) is 3.48. The molecule has 1 aromatic heterocycles. The number of pyridine rings is 1. The summed E-state index contributed by atoms with van der Waals surface area (Å²) in [5, 5.41) is 11.4. The zero-order chi connectivity index (χ0) is 16.1. The summed E-state index contributed by atoms with van der Waals surface area (Å²) in [4.78, 5) is 4.63. The van der Waals surface area contributed by atoms with Crippen molar-refractivity contribution in [1.29, 1.82) is 0 Å². The van der Waals surface area contributed by atoms with Gasteiger partial charge in [0.1, 0.15) is 5.69 Å². The maximum atomic E-state index is 10.4. The minimum Gasteiger partial charge on any atom is -0.388 e. The first-order chi connectivity index (χ1) is 11.3. The molecule has 0 aliphatic heterocycles. The first-order valence-electron chi connectivity index (χ1n) is 7.53. The van der Waals surface area contributed by atoms with Crippen LogP contribution in [0.4, 0.5) is 0 Å². The van der Waals surface area contributed by atoms with Crippen LogP contribution in [0, 0.1) is 11.8 Å². The predicted molar refractivity (Wildman–Crippen MR) is 93.9 cm³/mol. The molecule has 0 unspecified atom stereocenters. The smallest absolute Gasteiger partial charge is 0.120 e. The summed E-state index contributed by atoms with van der Waals surface area (Å²) in [5.74, 6) is 6.22. The van der Waals surface area contributed by atoms with Crippen LogP contribution in [-0.4, -0.2) is 10.1 Å². The van der Waals surface area contributed by atoms with Crippen molar-refractivity contribution in [2.24, 2.45) is 0 Å². The van der Waals surface area contributed by atoms with Crippen LogP contribution in [0.25, 0.3) is 10.9 Å². The Kier molecular flexibility index (Phi) is 4.52. The molecule has 1 N–H and O–H groups in total. The van der Waals surface area contributed by atoms with Gasteiger partial charge in [-0.15, -0.1) is 6.58 Å². The third-order valence-corrected chi connectivity index (χ3v) is 3.60. The number of nitrogens with zero attached hydrogens (tertiary/aromatic N) is 1. The van der Waals surface area contributed by atoms with E-state index in [1.807, 2.05) is 60.7 Å². The Morgan fingerprint density at radius 1 is 1.04 bits per heavy atom. The minimum absolute atomic E-state index is 0.472. The van der Waals surface area contributed by atoms with Crippen molar-refractivity contribution in [3.63, 3.8) is 0 Å². The number of aliphatic hydroxyl groups is 1. The van der Waals surface area contributed by atoms with E-state index in [1.54, 1.807) is 6.08 Å². The van der Waals surface area contributed by atoms with Crippen LogP contribution in [0.2, 0.25) is 0 Å². The Labute approximate surface area is 136 Å². The lowest BCUT2D eigenvalue weighted by atomic mass is 10.0. The molecule has 0 spiro atoms. The van der Waals surface area contributed by atoms with Crippen molar-refractivity contribution in [3.8, 4) is 11.8 Å². The molecule has 2 aromatic carbocycles. The van der Waals surface area contributed by atoms with Crippen molar-refractivity contribution in [2.75, 3.05) is 0 Å². The monoisotopic (exact) mass is 299 g/mol. The van der Waals surface area contributed by atoms with E-state index >= 15 is 0 Å². The van der Waals surface area contributed by atoms with Crippen molar-refractivity contribution in [2.45, 2.75) is 12.5 Å². The van der Waals surface area contributed by atoms with Gasteiger partial charge in [-0.2, -0.15) is 0 Å². The molecule has 0 radical (unpaired) electrons. The quantitative estimate of drug-likeness (QED) is 0.579. The van der Waals surface area contributed by atoms with Crippen molar-refractivity contribution in [1.82, 2.24) is 4.98 Å². The van der Waals surface area contributed by atoms with Crippen molar-refractivity contribution < 1.29 is 5.11 Å². The second-order valence-electron chi connectivity index (χ2n) is 5.28. The van der Waals surface area contributed by atoms with E-state index in [1.165, 1.54) is 0 Å². The van der Waals surface area contributed by atoms with Crippen LogP contribution in [-0.2, 0) is 0 Å². The van der Waals surface area contributed by atoms with Crippen LogP contribution in [0.15, 0.2) is 73.3 Å². The molecule has 3 aromatic rings. The number of aromatic nitrogens is 1. The van der Waals surface area contributed by atoms with Gasteiger partial charge in [-0.25, -0.2) is 4.98 Å². The van der Waals surface area contributed by atoms with E-state index in [2.05, 4.69) is 23.4 Å². The number of hydrogen-bond donors (Lipinski definition) is 1. The van der Waals surface area contributed by atoms with Crippen LogP contribution in [0.5, 0.6) is 0 Å². The van der Waals surface area contributed by atoms with Crippen LogP contribution >= 0.6 is 0 Å². The number of benzene rings is 2. The second kappa shape index (κ2) is 6.91. The highest BCUT2D eigenvalue weighted by Crippen LogP contribution is 2.24. The molecule has 0 aliphatic carbocycles. The van der Waals surface area contributed by atoms with Crippen LogP contribution in [0.3, 0.4) is 0 Å². The molecule has 3 rings (SSSR count). The molecule has 0 fully saturated rings. The van der Waals surface area contributed by atoms with E-state index in [0.717, 1.165) is 22.0 Å². The van der Waals surface area contributed by atoms with Crippen LogP contribution in [0.1, 0.15) is 29.3 Å². The zero-order valence-electron chi connectivity index (χ0n) is 12.7. The van der Waals surface area contributed by atoms with Crippen molar-refractivity contribution in [3.05, 3.63) is 90.1 Å². The molecular formula is C21H17NO. The fourth-order valence-electron chi connectivity index (χ4n) is 2.42. The van der Waals surface area contributed by atoms with E-state index in [4.69, 9.17) is 0 Å². The van der Waals surface area contributed by atoms with E-state index in [9.17, 15) is 5.11 Å². The summed E-state index contributed by atoms with van der Waals surface area (Å²) in [5.41, 5.74) is 3.15. The van der Waals surface area contributed by atoms with Gasteiger partial charge in [0.05, 0.1) is 11.6 Å². The van der Waals surface area contributed by atoms with E-state index in [-0.39, 0.29) is 0 Å². The average Bonchev–Trinajstić information content (AvgIpc) is 2.60. The molecule has 0 amide bonds. The van der Waals surface area contributed by atoms with Gasteiger partial charge in [0, 0.05) is 16.5 Å². The topological polar surface area (TPSA) is 33.1 Å². The average molecular weight is 299 g/mol. The summed E-state index contributed by atoms with van der Waals surface area (Å²) < 4.78 is 0. The lowest BCUT2D eigenvalue weighted by Crippen LogP contribution is -2.02. The third-order valence-electron chi connectivity index (χ3n) is 3.60. The zero-order valence-corrected chi connectivity index (χ0v) is 12.7. The SMILES string of the molecule is C=CC[C@@H](O)c1cc2ccccc2nc1C#Cc1ccccc1. The molecule has 1 atom stereocenters.